The van der Waals surface area contributed by atoms with Gasteiger partial charge in [-0.05, 0) is 49.2 Å². The molecule has 0 spiro atoms. The van der Waals surface area contributed by atoms with E-state index >= 15 is 0 Å². The van der Waals surface area contributed by atoms with Crippen molar-refractivity contribution < 1.29 is 14.3 Å². The van der Waals surface area contributed by atoms with Crippen LogP contribution in [-0.2, 0) is 16.0 Å². The lowest BCUT2D eigenvalue weighted by Crippen LogP contribution is -2.24. The topological polar surface area (TPSA) is 51.7 Å². The molecule has 2 aromatic rings. The summed E-state index contributed by atoms with van der Waals surface area (Å²) in [7, 11) is 3.41. The molecule has 0 aliphatic carbocycles. The zero-order valence-corrected chi connectivity index (χ0v) is 15.0. The summed E-state index contributed by atoms with van der Waals surface area (Å²) in [6.07, 6.45) is 5.88. The van der Waals surface area contributed by atoms with Crippen LogP contribution in [0.4, 0.5) is 0 Å². The molecule has 1 aromatic heterocycles. The van der Waals surface area contributed by atoms with Gasteiger partial charge >= 0.3 is 5.97 Å². The maximum absolute atomic E-state index is 11.1. The standard InChI is InChI=1S/C20H26N2O3/c1-22(13-10-20(23)24-2)12-4-14-25-19-8-6-17(7-9-19)15-18-5-3-11-21-16-18/h3,5-9,11,16H,4,10,12-15H2,1-2H3. The molecule has 25 heavy (non-hydrogen) atoms. The van der Waals surface area contributed by atoms with Gasteiger partial charge in [-0.1, -0.05) is 18.2 Å². The third-order valence-corrected chi connectivity index (χ3v) is 3.93. The molecule has 1 aromatic carbocycles. The smallest absolute Gasteiger partial charge is 0.306 e. The predicted octanol–water partition coefficient (Wildman–Crippen LogP) is 2.94. The molecule has 0 atom stereocenters. The van der Waals surface area contributed by atoms with Crippen LogP contribution >= 0.6 is 0 Å². The first kappa shape index (κ1) is 18.9. The van der Waals surface area contributed by atoms with E-state index in [9.17, 15) is 4.79 Å². The highest BCUT2D eigenvalue weighted by molar-refractivity contribution is 5.69. The van der Waals surface area contributed by atoms with Crippen molar-refractivity contribution in [3.05, 3.63) is 59.9 Å². The number of carbonyl (C=O) groups is 1. The van der Waals surface area contributed by atoms with Crippen molar-refractivity contribution in [3.63, 3.8) is 0 Å². The molecule has 0 saturated carbocycles. The largest absolute Gasteiger partial charge is 0.494 e. The number of methoxy groups -OCH3 is 1. The van der Waals surface area contributed by atoms with Crippen molar-refractivity contribution in [2.45, 2.75) is 19.3 Å². The fourth-order valence-corrected chi connectivity index (χ4v) is 2.46. The Kier molecular flexibility index (Phi) is 7.92. The first-order chi connectivity index (χ1) is 12.2. The minimum absolute atomic E-state index is 0.172. The molecule has 0 saturated heterocycles. The van der Waals surface area contributed by atoms with E-state index in [0.717, 1.165) is 25.1 Å². The fourth-order valence-electron chi connectivity index (χ4n) is 2.46. The van der Waals surface area contributed by atoms with Gasteiger partial charge < -0.3 is 14.4 Å². The summed E-state index contributed by atoms with van der Waals surface area (Å²) in [4.78, 5) is 17.3. The van der Waals surface area contributed by atoms with Crippen molar-refractivity contribution in [3.8, 4) is 5.75 Å². The number of esters is 1. The van der Waals surface area contributed by atoms with Crippen LogP contribution in [0, 0.1) is 0 Å². The Balaban J connectivity index is 1.65. The zero-order valence-electron chi connectivity index (χ0n) is 15.0. The highest BCUT2D eigenvalue weighted by atomic mass is 16.5. The van der Waals surface area contributed by atoms with Crippen LogP contribution in [-0.4, -0.2) is 49.7 Å². The number of hydrogen-bond acceptors (Lipinski definition) is 5. The van der Waals surface area contributed by atoms with E-state index in [1.54, 1.807) is 6.20 Å². The van der Waals surface area contributed by atoms with E-state index in [4.69, 9.17) is 4.74 Å². The molecule has 5 nitrogen and oxygen atoms in total. The number of nitrogens with zero attached hydrogens (tertiary/aromatic N) is 2. The van der Waals surface area contributed by atoms with Crippen LogP contribution in [0.15, 0.2) is 48.8 Å². The molecular formula is C20H26N2O3. The summed E-state index contributed by atoms with van der Waals surface area (Å²) < 4.78 is 10.4. The van der Waals surface area contributed by atoms with Gasteiger partial charge in [0.1, 0.15) is 5.75 Å². The predicted molar refractivity (Wildman–Crippen MR) is 97.7 cm³/mol. The van der Waals surface area contributed by atoms with Gasteiger partial charge in [0.15, 0.2) is 0 Å². The average Bonchev–Trinajstić information content (AvgIpc) is 2.65. The molecule has 0 aliphatic heterocycles. The van der Waals surface area contributed by atoms with Gasteiger partial charge in [0, 0.05) is 25.5 Å². The van der Waals surface area contributed by atoms with Crippen molar-refractivity contribution in [1.82, 2.24) is 9.88 Å². The second-order valence-corrected chi connectivity index (χ2v) is 6.01. The summed E-state index contributed by atoms with van der Waals surface area (Å²) in [5.41, 5.74) is 2.44. The number of rotatable bonds is 10. The molecule has 0 unspecified atom stereocenters. The Bertz CT molecular complexity index is 629. The summed E-state index contributed by atoms with van der Waals surface area (Å²) >= 11 is 0. The van der Waals surface area contributed by atoms with Crippen LogP contribution in [0.2, 0.25) is 0 Å². The Morgan fingerprint density at radius 3 is 2.60 bits per heavy atom. The lowest BCUT2D eigenvalue weighted by atomic mass is 10.1. The van der Waals surface area contributed by atoms with Crippen molar-refractivity contribution >= 4 is 5.97 Å². The molecule has 0 bridgehead atoms. The van der Waals surface area contributed by atoms with Crippen LogP contribution in [0.5, 0.6) is 5.75 Å². The Hall–Kier alpha value is -2.40. The molecular weight excluding hydrogens is 316 g/mol. The number of pyridine rings is 1. The van der Waals surface area contributed by atoms with Crippen molar-refractivity contribution in [1.29, 1.82) is 0 Å². The minimum atomic E-state index is -0.172. The minimum Gasteiger partial charge on any atom is -0.494 e. The number of carbonyl (C=O) groups excluding carboxylic acids is 1. The van der Waals surface area contributed by atoms with E-state index in [1.165, 1.54) is 18.2 Å². The molecule has 134 valence electrons. The van der Waals surface area contributed by atoms with Crippen molar-refractivity contribution in [2.75, 3.05) is 33.9 Å². The van der Waals surface area contributed by atoms with Crippen molar-refractivity contribution in [2.24, 2.45) is 0 Å². The second kappa shape index (κ2) is 10.5. The summed E-state index contributed by atoms with van der Waals surface area (Å²) in [5.74, 6) is 0.710. The maximum atomic E-state index is 11.1. The summed E-state index contributed by atoms with van der Waals surface area (Å²) in [6.45, 7) is 2.25. The van der Waals surface area contributed by atoms with Crippen LogP contribution in [0.3, 0.4) is 0 Å². The number of aromatic nitrogens is 1. The van der Waals surface area contributed by atoms with E-state index in [0.29, 0.717) is 19.6 Å². The van der Waals surface area contributed by atoms with Crippen LogP contribution in [0.25, 0.3) is 0 Å². The quantitative estimate of drug-likeness (QED) is 0.491. The third kappa shape index (κ3) is 7.35. The first-order valence-corrected chi connectivity index (χ1v) is 8.53. The Morgan fingerprint density at radius 1 is 1.12 bits per heavy atom. The van der Waals surface area contributed by atoms with Gasteiger partial charge in [-0.3, -0.25) is 9.78 Å². The Labute approximate surface area is 149 Å². The van der Waals surface area contributed by atoms with Gasteiger partial charge in [-0.15, -0.1) is 0 Å². The van der Waals surface area contributed by atoms with Gasteiger partial charge in [-0.2, -0.15) is 0 Å². The van der Waals surface area contributed by atoms with Gasteiger partial charge in [0.2, 0.25) is 0 Å². The van der Waals surface area contributed by atoms with E-state index < -0.39 is 0 Å². The third-order valence-electron chi connectivity index (χ3n) is 3.93. The molecule has 1 heterocycles. The molecule has 2 rings (SSSR count). The number of ether oxygens (including phenoxy) is 2. The lowest BCUT2D eigenvalue weighted by Gasteiger charge is -2.15. The van der Waals surface area contributed by atoms with Gasteiger partial charge in [-0.25, -0.2) is 0 Å². The molecule has 0 aliphatic rings. The van der Waals surface area contributed by atoms with Gasteiger partial charge in [0.25, 0.3) is 0 Å². The highest BCUT2D eigenvalue weighted by Crippen LogP contribution is 2.15. The summed E-state index contributed by atoms with van der Waals surface area (Å²) in [6, 6.07) is 12.2. The van der Waals surface area contributed by atoms with E-state index in [-0.39, 0.29) is 5.97 Å². The number of benzene rings is 1. The van der Waals surface area contributed by atoms with Gasteiger partial charge in [0.05, 0.1) is 20.1 Å². The molecule has 0 N–H and O–H groups in total. The molecule has 0 fully saturated rings. The van der Waals surface area contributed by atoms with Crippen LogP contribution in [0.1, 0.15) is 24.0 Å². The second-order valence-electron chi connectivity index (χ2n) is 6.01. The zero-order chi connectivity index (χ0) is 17.9. The summed E-state index contributed by atoms with van der Waals surface area (Å²) in [5, 5.41) is 0. The Morgan fingerprint density at radius 2 is 1.92 bits per heavy atom. The SMILES string of the molecule is COC(=O)CCN(C)CCCOc1ccc(Cc2cccnc2)cc1. The molecule has 0 amide bonds. The van der Waals surface area contributed by atoms with Crippen LogP contribution < -0.4 is 4.74 Å². The van der Waals surface area contributed by atoms with E-state index in [2.05, 4.69) is 32.8 Å². The normalized spacial score (nSPS) is 10.7. The fraction of sp³-hybridized carbons (Fsp3) is 0.400. The number of hydrogen-bond donors (Lipinski definition) is 0. The molecule has 0 radical (unpaired) electrons. The van der Waals surface area contributed by atoms with E-state index in [1.807, 2.05) is 31.4 Å². The highest BCUT2D eigenvalue weighted by Gasteiger charge is 2.04. The monoisotopic (exact) mass is 342 g/mol. The maximum Gasteiger partial charge on any atom is 0.306 e. The lowest BCUT2D eigenvalue weighted by molar-refractivity contribution is -0.140. The average molecular weight is 342 g/mol. The molecule has 5 heteroatoms. The first-order valence-electron chi connectivity index (χ1n) is 8.53.